The van der Waals surface area contributed by atoms with E-state index >= 15 is 0 Å². The summed E-state index contributed by atoms with van der Waals surface area (Å²) in [6.45, 7) is -0.0500. The van der Waals surface area contributed by atoms with E-state index in [1.165, 1.54) is 23.5 Å². The van der Waals surface area contributed by atoms with Crippen molar-refractivity contribution >= 4 is 46.7 Å². The number of sulfonamides is 2. The number of hydrogen-bond acceptors (Lipinski definition) is 12. The van der Waals surface area contributed by atoms with Crippen LogP contribution in [0.2, 0.25) is 0 Å². The molecule has 13 nitrogen and oxygen atoms in total. The smallest absolute Gasteiger partial charge is 0.241 e. The molecule has 0 unspecified atom stereocenters. The van der Waals surface area contributed by atoms with E-state index < -0.39 is 36.0 Å². The number of para-hydroxylation sites is 1. The number of nitrogens with one attached hydrogen (secondary N) is 5. The molecule has 172 valence electrons. The number of thiazole rings is 1. The van der Waals surface area contributed by atoms with E-state index in [2.05, 4.69) is 31.6 Å². The second kappa shape index (κ2) is 8.60. The van der Waals surface area contributed by atoms with Crippen LogP contribution in [0.4, 0.5) is 5.13 Å². The molecule has 4 rings (SSSR count). The summed E-state index contributed by atoms with van der Waals surface area (Å²) in [6.07, 6.45) is -0.866. The van der Waals surface area contributed by atoms with Crippen LogP contribution in [-0.2, 0) is 20.0 Å². The standard InChI is InChI=1S/C16H21N9O4S3/c17-6-7-20-32(28,29)11-5-4-8(9-2-1-3-10-13(9)21-16(18)30-10)12(14(11)31(19,26)27)15-22-24-25-23-15/h1-5,15,20,22-25H,6-7,17H2,(H2,18,21)(H2,19,26,27). The number of fused-ring (bicyclic) bond motifs is 1. The fourth-order valence-electron chi connectivity index (χ4n) is 3.46. The van der Waals surface area contributed by atoms with Crippen molar-refractivity contribution in [1.29, 1.82) is 0 Å². The average molecular weight is 500 g/mol. The van der Waals surface area contributed by atoms with E-state index in [1.54, 1.807) is 12.1 Å². The summed E-state index contributed by atoms with van der Waals surface area (Å²) in [5, 5.41) is 5.88. The van der Waals surface area contributed by atoms with E-state index in [-0.39, 0.29) is 18.7 Å². The van der Waals surface area contributed by atoms with Gasteiger partial charge in [0.2, 0.25) is 20.0 Å². The number of rotatable bonds is 7. The molecule has 1 aliphatic rings. The summed E-state index contributed by atoms with van der Waals surface area (Å²) >= 11 is 1.28. The van der Waals surface area contributed by atoms with E-state index in [9.17, 15) is 16.8 Å². The van der Waals surface area contributed by atoms with Gasteiger partial charge in [-0.3, -0.25) is 0 Å². The van der Waals surface area contributed by atoms with Crippen LogP contribution >= 0.6 is 11.3 Å². The molecule has 1 aliphatic heterocycles. The van der Waals surface area contributed by atoms with Gasteiger partial charge in [0.25, 0.3) is 0 Å². The second-order valence-electron chi connectivity index (χ2n) is 6.76. The number of anilines is 1. The summed E-state index contributed by atoms with van der Waals surface area (Å²) in [4.78, 5) is 3.31. The SMILES string of the molecule is NCCNS(=O)(=O)c1ccc(-c2cccc3sc(N)nc23)c(C2NNNN2)c1S(N)(=O)=O. The third-order valence-corrected chi connectivity index (χ3v) is 8.17. The number of nitrogens with two attached hydrogens (primary N) is 3. The van der Waals surface area contributed by atoms with Gasteiger partial charge in [-0.1, -0.05) is 29.5 Å². The maximum atomic E-state index is 12.9. The zero-order valence-electron chi connectivity index (χ0n) is 16.4. The third kappa shape index (κ3) is 4.20. The van der Waals surface area contributed by atoms with Crippen LogP contribution in [0.1, 0.15) is 11.7 Å². The molecule has 16 heteroatoms. The number of hydrogen-bond donors (Lipinski definition) is 8. The molecule has 2 aromatic carbocycles. The Bertz CT molecular complexity index is 1380. The Kier molecular flexibility index (Phi) is 6.16. The lowest BCUT2D eigenvalue weighted by atomic mass is 9.97. The molecule has 1 fully saturated rings. The highest BCUT2D eigenvalue weighted by molar-refractivity contribution is 7.92. The molecule has 0 amide bonds. The zero-order valence-corrected chi connectivity index (χ0v) is 18.9. The van der Waals surface area contributed by atoms with Crippen LogP contribution in [0.3, 0.4) is 0 Å². The van der Waals surface area contributed by atoms with Gasteiger partial charge in [0.15, 0.2) is 5.13 Å². The van der Waals surface area contributed by atoms with E-state index in [1.807, 2.05) is 6.07 Å². The minimum Gasteiger partial charge on any atom is -0.375 e. The Morgan fingerprint density at radius 1 is 1.06 bits per heavy atom. The molecular weight excluding hydrogens is 478 g/mol. The second-order valence-corrected chi connectivity index (χ2v) is 11.1. The topological polar surface area (TPSA) is 219 Å². The van der Waals surface area contributed by atoms with Crippen LogP contribution in [0, 0.1) is 0 Å². The van der Waals surface area contributed by atoms with Crippen molar-refractivity contribution < 1.29 is 16.8 Å². The number of nitrogens with zero attached hydrogens (tertiary/aromatic N) is 1. The number of nitrogen functional groups attached to an aromatic ring is 1. The summed E-state index contributed by atoms with van der Waals surface area (Å²) in [5.41, 5.74) is 23.7. The van der Waals surface area contributed by atoms with Crippen LogP contribution in [0.15, 0.2) is 40.1 Å². The molecule has 0 atom stereocenters. The predicted molar refractivity (Wildman–Crippen MR) is 120 cm³/mol. The first-order chi connectivity index (χ1) is 15.1. The van der Waals surface area contributed by atoms with Gasteiger partial charge in [0, 0.05) is 24.2 Å². The fraction of sp³-hybridized carbons (Fsp3) is 0.188. The average Bonchev–Trinajstić information content (AvgIpc) is 3.39. The Morgan fingerprint density at radius 3 is 2.44 bits per heavy atom. The Hall–Kier alpha value is -2.25. The zero-order chi connectivity index (χ0) is 23.1. The molecular formula is C16H21N9O4S3. The van der Waals surface area contributed by atoms with Crippen molar-refractivity contribution in [3.8, 4) is 11.1 Å². The van der Waals surface area contributed by atoms with Crippen LogP contribution < -0.4 is 43.2 Å². The number of hydrazine groups is 3. The maximum absolute atomic E-state index is 12.9. The van der Waals surface area contributed by atoms with Gasteiger partial charge in [-0.15, -0.1) is 0 Å². The predicted octanol–water partition coefficient (Wildman–Crippen LogP) is -1.45. The highest BCUT2D eigenvalue weighted by Gasteiger charge is 2.34. The normalized spacial score (nSPS) is 15.6. The molecule has 0 spiro atoms. The molecule has 1 aromatic heterocycles. The van der Waals surface area contributed by atoms with Crippen molar-refractivity contribution in [2.24, 2.45) is 10.9 Å². The highest BCUT2D eigenvalue weighted by Crippen LogP contribution is 2.40. The number of primary sulfonamides is 1. The molecule has 2 heterocycles. The van der Waals surface area contributed by atoms with E-state index in [0.29, 0.717) is 21.8 Å². The molecule has 32 heavy (non-hydrogen) atoms. The number of benzene rings is 2. The lowest BCUT2D eigenvalue weighted by molar-refractivity contribution is 0.533. The van der Waals surface area contributed by atoms with Crippen molar-refractivity contribution in [1.82, 2.24) is 31.6 Å². The Balaban J connectivity index is 2.08. The van der Waals surface area contributed by atoms with Gasteiger partial charge in [-0.2, -0.15) is 11.1 Å². The van der Waals surface area contributed by atoms with Gasteiger partial charge in [0.05, 0.1) is 10.2 Å². The Morgan fingerprint density at radius 2 is 1.78 bits per heavy atom. The maximum Gasteiger partial charge on any atom is 0.241 e. The molecule has 3 aromatic rings. The quantitative estimate of drug-likeness (QED) is 0.188. The summed E-state index contributed by atoms with van der Waals surface area (Å²) in [7, 11) is -8.76. The van der Waals surface area contributed by atoms with Gasteiger partial charge < -0.3 is 11.5 Å². The fourth-order valence-corrected chi connectivity index (χ4v) is 6.92. The summed E-state index contributed by atoms with van der Waals surface area (Å²) < 4.78 is 54.3. The Labute approximate surface area is 187 Å². The van der Waals surface area contributed by atoms with Gasteiger partial charge in [-0.05, 0) is 17.7 Å². The van der Waals surface area contributed by atoms with Crippen molar-refractivity contribution in [3.05, 3.63) is 35.9 Å². The molecule has 1 saturated heterocycles. The molecule has 0 aliphatic carbocycles. The first kappa shape index (κ1) is 22.9. The molecule has 0 radical (unpaired) electrons. The first-order valence-electron chi connectivity index (χ1n) is 9.19. The van der Waals surface area contributed by atoms with Gasteiger partial charge >= 0.3 is 0 Å². The number of aromatic nitrogens is 1. The first-order valence-corrected chi connectivity index (χ1v) is 13.0. The van der Waals surface area contributed by atoms with Crippen molar-refractivity contribution in [2.75, 3.05) is 18.8 Å². The third-order valence-electron chi connectivity index (χ3n) is 4.68. The monoisotopic (exact) mass is 499 g/mol. The lowest BCUT2D eigenvalue weighted by Crippen LogP contribution is -2.33. The lowest BCUT2D eigenvalue weighted by Gasteiger charge is -2.21. The minimum absolute atomic E-state index is 0.0295. The van der Waals surface area contributed by atoms with Crippen LogP contribution in [0.25, 0.3) is 21.3 Å². The summed E-state index contributed by atoms with van der Waals surface area (Å²) in [5.74, 6) is 0. The van der Waals surface area contributed by atoms with Crippen molar-refractivity contribution in [3.63, 3.8) is 0 Å². The minimum atomic E-state index is -4.52. The molecule has 0 saturated carbocycles. The molecule has 0 bridgehead atoms. The van der Waals surface area contributed by atoms with Crippen LogP contribution in [0.5, 0.6) is 0 Å². The van der Waals surface area contributed by atoms with Gasteiger partial charge in [-0.25, -0.2) is 42.5 Å². The van der Waals surface area contributed by atoms with E-state index in [0.717, 1.165) is 4.70 Å². The van der Waals surface area contributed by atoms with E-state index in [4.69, 9.17) is 16.6 Å². The molecule has 11 N–H and O–H groups in total. The van der Waals surface area contributed by atoms with Crippen molar-refractivity contribution in [2.45, 2.75) is 16.0 Å². The highest BCUT2D eigenvalue weighted by atomic mass is 32.2. The van der Waals surface area contributed by atoms with Gasteiger partial charge in [0.1, 0.15) is 16.0 Å². The van der Waals surface area contributed by atoms with Crippen LogP contribution in [-0.4, -0.2) is 34.9 Å². The summed E-state index contributed by atoms with van der Waals surface area (Å²) in [6, 6.07) is 8.05. The largest absolute Gasteiger partial charge is 0.375 e.